The maximum Gasteiger partial charge on any atom is 0.320 e. The summed E-state index contributed by atoms with van der Waals surface area (Å²) >= 11 is 0. The SMILES string of the molecule is O=C(O)C1CN(C(=O)N2CC3CCCC3C2)C1. The second-order valence-corrected chi connectivity index (χ2v) is 5.58. The number of rotatable bonds is 1. The summed E-state index contributed by atoms with van der Waals surface area (Å²) in [7, 11) is 0. The van der Waals surface area contributed by atoms with Crippen molar-refractivity contribution in [2.75, 3.05) is 26.2 Å². The summed E-state index contributed by atoms with van der Waals surface area (Å²) in [6.45, 7) is 2.55. The molecule has 2 atom stereocenters. The van der Waals surface area contributed by atoms with E-state index in [1.165, 1.54) is 19.3 Å². The molecule has 2 amide bonds. The number of hydrogen-bond donors (Lipinski definition) is 1. The molecule has 3 aliphatic rings. The number of fused-ring (bicyclic) bond motifs is 1. The van der Waals surface area contributed by atoms with Gasteiger partial charge in [0.05, 0.1) is 5.92 Å². The molecule has 2 unspecified atom stereocenters. The first-order chi connectivity index (χ1) is 8.15. The number of carboxylic acid groups (broad SMARTS) is 1. The Hall–Kier alpha value is -1.26. The van der Waals surface area contributed by atoms with Crippen LogP contribution in [0.3, 0.4) is 0 Å². The first-order valence-electron chi connectivity index (χ1n) is 6.42. The van der Waals surface area contributed by atoms with Crippen molar-refractivity contribution in [3.63, 3.8) is 0 Å². The van der Waals surface area contributed by atoms with Crippen LogP contribution in [0.25, 0.3) is 0 Å². The minimum atomic E-state index is -0.785. The van der Waals surface area contributed by atoms with E-state index in [-0.39, 0.29) is 11.9 Å². The zero-order chi connectivity index (χ0) is 12.0. The monoisotopic (exact) mass is 238 g/mol. The van der Waals surface area contributed by atoms with Crippen LogP contribution in [-0.2, 0) is 4.79 Å². The fourth-order valence-corrected chi connectivity index (χ4v) is 3.38. The standard InChI is InChI=1S/C12H18N2O3/c15-11(16)10-6-14(7-10)12(17)13-4-8-2-1-3-9(8)5-13/h8-10H,1-7H2,(H,15,16). The molecule has 0 radical (unpaired) electrons. The second kappa shape index (κ2) is 3.89. The summed E-state index contributed by atoms with van der Waals surface area (Å²) < 4.78 is 0. The first-order valence-corrected chi connectivity index (χ1v) is 6.42. The Bertz CT molecular complexity index is 340. The van der Waals surface area contributed by atoms with Gasteiger partial charge in [0, 0.05) is 26.2 Å². The molecule has 0 bridgehead atoms. The predicted molar refractivity (Wildman–Crippen MR) is 60.5 cm³/mol. The van der Waals surface area contributed by atoms with Crippen molar-refractivity contribution in [2.24, 2.45) is 17.8 Å². The molecule has 0 aromatic carbocycles. The molecular formula is C12H18N2O3. The molecule has 2 saturated heterocycles. The molecule has 94 valence electrons. The quantitative estimate of drug-likeness (QED) is 0.737. The van der Waals surface area contributed by atoms with Gasteiger partial charge in [0.25, 0.3) is 0 Å². The van der Waals surface area contributed by atoms with Gasteiger partial charge in [0.15, 0.2) is 0 Å². The molecule has 3 fully saturated rings. The Kier molecular flexibility index (Phi) is 2.49. The molecule has 2 aliphatic heterocycles. The molecule has 1 N–H and O–H groups in total. The molecule has 1 aliphatic carbocycles. The first kappa shape index (κ1) is 10.9. The third-order valence-corrected chi connectivity index (χ3v) is 4.50. The number of urea groups is 1. The third kappa shape index (κ3) is 1.77. The molecule has 0 aromatic rings. The number of likely N-dealkylation sites (tertiary alicyclic amines) is 2. The fourth-order valence-electron chi connectivity index (χ4n) is 3.38. The summed E-state index contributed by atoms with van der Waals surface area (Å²) in [5, 5.41) is 8.78. The van der Waals surface area contributed by atoms with Gasteiger partial charge >= 0.3 is 12.0 Å². The second-order valence-electron chi connectivity index (χ2n) is 5.58. The number of hydrogen-bond acceptors (Lipinski definition) is 2. The molecule has 5 nitrogen and oxygen atoms in total. The molecule has 17 heavy (non-hydrogen) atoms. The molecule has 2 heterocycles. The van der Waals surface area contributed by atoms with Crippen LogP contribution in [0.1, 0.15) is 19.3 Å². The van der Waals surface area contributed by atoms with Crippen molar-refractivity contribution >= 4 is 12.0 Å². The minimum absolute atomic E-state index is 0.0527. The lowest BCUT2D eigenvalue weighted by atomic mass is 10.0. The predicted octanol–water partition coefficient (Wildman–Crippen LogP) is 0.855. The number of amides is 2. The highest BCUT2D eigenvalue weighted by molar-refractivity contribution is 5.80. The van der Waals surface area contributed by atoms with Crippen LogP contribution in [0.15, 0.2) is 0 Å². The number of nitrogens with zero attached hydrogens (tertiary/aromatic N) is 2. The molecule has 0 spiro atoms. The highest BCUT2D eigenvalue weighted by Gasteiger charge is 2.43. The Labute approximate surface area is 100 Å². The van der Waals surface area contributed by atoms with Crippen molar-refractivity contribution in [3.8, 4) is 0 Å². The van der Waals surface area contributed by atoms with E-state index in [2.05, 4.69) is 0 Å². The number of carbonyl (C=O) groups is 2. The molecule has 5 heteroatoms. The van der Waals surface area contributed by atoms with Crippen LogP contribution < -0.4 is 0 Å². The lowest BCUT2D eigenvalue weighted by molar-refractivity contribution is -0.146. The van der Waals surface area contributed by atoms with Crippen LogP contribution in [0.2, 0.25) is 0 Å². The Balaban J connectivity index is 1.53. The van der Waals surface area contributed by atoms with Crippen molar-refractivity contribution in [3.05, 3.63) is 0 Å². The van der Waals surface area contributed by atoms with E-state index < -0.39 is 5.97 Å². The van der Waals surface area contributed by atoms with Crippen LogP contribution in [0.5, 0.6) is 0 Å². The van der Waals surface area contributed by atoms with Crippen LogP contribution in [0, 0.1) is 17.8 Å². The van der Waals surface area contributed by atoms with Crippen molar-refractivity contribution in [1.82, 2.24) is 9.80 Å². The van der Waals surface area contributed by atoms with E-state index in [1.807, 2.05) is 4.90 Å². The summed E-state index contributed by atoms with van der Waals surface area (Å²) in [5.41, 5.74) is 0. The maximum absolute atomic E-state index is 12.1. The van der Waals surface area contributed by atoms with Crippen LogP contribution >= 0.6 is 0 Å². The third-order valence-electron chi connectivity index (χ3n) is 4.50. The van der Waals surface area contributed by atoms with Gasteiger partial charge in [-0.05, 0) is 24.7 Å². The summed E-state index contributed by atoms with van der Waals surface area (Å²) in [6.07, 6.45) is 3.82. The molecule has 1 saturated carbocycles. The molecule has 3 rings (SSSR count). The summed E-state index contributed by atoms with van der Waals surface area (Å²) in [5.74, 6) is 0.277. The normalized spacial score (nSPS) is 32.5. The van der Waals surface area contributed by atoms with Crippen LogP contribution in [0.4, 0.5) is 4.79 Å². The van der Waals surface area contributed by atoms with E-state index in [1.54, 1.807) is 4.90 Å². The smallest absolute Gasteiger partial charge is 0.320 e. The van der Waals surface area contributed by atoms with Gasteiger partial charge in [0.1, 0.15) is 0 Å². The Morgan fingerprint density at radius 2 is 1.47 bits per heavy atom. The summed E-state index contributed by atoms with van der Waals surface area (Å²) in [6, 6.07) is 0.0527. The van der Waals surface area contributed by atoms with E-state index in [0.29, 0.717) is 24.9 Å². The van der Waals surface area contributed by atoms with Gasteiger partial charge in [-0.1, -0.05) is 6.42 Å². The Morgan fingerprint density at radius 3 is 2.00 bits per heavy atom. The van der Waals surface area contributed by atoms with Gasteiger partial charge in [0.2, 0.25) is 0 Å². The maximum atomic E-state index is 12.1. The van der Waals surface area contributed by atoms with Crippen LogP contribution in [-0.4, -0.2) is 53.1 Å². The summed E-state index contributed by atoms with van der Waals surface area (Å²) in [4.78, 5) is 26.4. The molecule has 0 aromatic heterocycles. The fraction of sp³-hybridized carbons (Fsp3) is 0.833. The van der Waals surface area contributed by atoms with Gasteiger partial charge in [-0.3, -0.25) is 4.79 Å². The van der Waals surface area contributed by atoms with Gasteiger partial charge in [-0.15, -0.1) is 0 Å². The topological polar surface area (TPSA) is 60.9 Å². The lowest BCUT2D eigenvalue weighted by Crippen LogP contribution is -2.56. The average Bonchev–Trinajstić information content (AvgIpc) is 2.72. The van der Waals surface area contributed by atoms with Gasteiger partial charge < -0.3 is 14.9 Å². The van der Waals surface area contributed by atoms with Crippen molar-refractivity contribution in [2.45, 2.75) is 19.3 Å². The minimum Gasteiger partial charge on any atom is -0.481 e. The number of aliphatic carboxylic acids is 1. The highest BCUT2D eigenvalue weighted by atomic mass is 16.4. The zero-order valence-electron chi connectivity index (χ0n) is 9.84. The highest BCUT2D eigenvalue weighted by Crippen LogP contribution is 2.38. The van der Waals surface area contributed by atoms with Crippen molar-refractivity contribution in [1.29, 1.82) is 0 Å². The number of carboxylic acids is 1. The largest absolute Gasteiger partial charge is 0.481 e. The van der Waals surface area contributed by atoms with Gasteiger partial charge in [-0.25, -0.2) is 4.79 Å². The van der Waals surface area contributed by atoms with Crippen molar-refractivity contribution < 1.29 is 14.7 Å². The average molecular weight is 238 g/mol. The molecular weight excluding hydrogens is 220 g/mol. The Morgan fingerprint density at radius 1 is 0.941 bits per heavy atom. The van der Waals surface area contributed by atoms with E-state index in [9.17, 15) is 9.59 Å². The lowest BCUT2D eigenvalue weighted by Gasteiger charge is -2.39. The van der Waals surface area contributed by atoms with E-state index in [0.717, 1.165) is 13.1 Å². The van der Waals surface area contributed by atoms with E-state index in [4.69, 9.17) is 5.11 Å². The zero-order valence-corrected chi connectivity index (χ0v) is 9.84. The number of carbonyl (C=O) groups excluding carboxylic acids is 1. The van der Waals surface area contributed by atoms with Gasteiger partial charge in [-0.2, -0.15) is 0 Å². The van der Waals surface area contributed by atoms with E-state index >= 15 is 0 Å².